The molecule has 88 valence electrons. The lowest BCUT2D eigenvalue weighted by atomic mass is 10.1. The van der Waals surface area contributed by atoms with E-state index >= 15 is 0 Å². The van der Waals surface area contributed by atoms with Gasteiger partial charge in [0.1, 0.15) is 0 Å². The van der Waals surface area contributed by atoms with Gasteiger partial charge in [-0.2, -0.15) is 0 Å². The van der Waals surface area contributed by atoms with Crippen LogP contribution in [0.3, 0.4) is 0 Å². The summed E-state index contributed by atoms with van der Waals surface area (Å²) >= 11 is 0. The standard InChI is InChI=1S/C14H22N2/c1-2-12-3-5-13(6-4-12)11-15-9-10-16-14-7-8-14/h3-6,14-16H,2,7-11H2,1H3. The van der Waals surface area contributed by atoms with Crippen molar-refractivity contribution in [1.29, 1.82) is 0 Å². The Morgan fingerprint density at radius 2 is 1.75 bits per heavy atom. The summed E-state index contributed by atoms with van der Waals surface area (Å²) in [5.41, 5.74) is 2.79. The number of benzene rings is 1. The SMILES string of the molecule is CCc1ccc(CNCCNC2CC2)cc1. The lowest BCUT2D eigenvalue weighted by Crippen LogP contribution is -2.28. The summed E-state index contributed by atoms with van der Waals surface area (Å²) in [4.78, 5) is 0. The maximum Gasteiger partial charge on any atom is 0.0206 e. The Kier molecular flexibility index (Phi) is 4.37. The van der Waals surface area contributed by atoms with Gasteiger partial charge in [0.05, 0.1) is 0 Å². The van der Waals surface area contributed by atoms with Crippen LogP contribution < -0.4 is 10.6 Å². The topological polar surface area (TPSA) is 24.1 Å². The van der Waals surface area contributed by atoms with E-state index in [-0.39, 0.29) is 0 Å². The molecule has 2 rings (SSSR count). The van der Waals surface area contributed by atoms with Crippen LogP contribution in [0.4, 0.5) is 0 Å². The molecular weight excluding hydrogens is 196 g/mol. The minimum absolute atomic E-state index is 0.825. The van der Waals surface area contributed by atoms with Gasteiger partial charge < -0.3 is 10.6 Å². The third-order valence-corrected chi connectivity index (χ3v) is 3.07. The second-order valence-electron chi connectivity index (χ2n) is 4.58. The van der Waals surface area contributed by atoms with E-state index in [1.54, 1.807) is 0 Å². The molecule has 0 saturated heterocycles. The highest BCUT2D eigenvalue weighted by molar-refractivity contribution is 5.22. The zero-order valence-electron chi connectivity index (χ0n) is 10.1. The summed E-state index contributed by atoms with van der Waals surface area (Å²) in [6.07, 6.45) is 3.87. The van der Waals surface area contributed by atoms with Crippen LogP contribution in [-0.2, 0) is 13.0 Å². The van der Waals surface area contributed by atoms with Crippen LogP contribution in [0.15, 0.2) is 24.3 Å². The molecule has 1 aromatic rings. The first-order chi connectivity index (χ1) is 7.88. The monoisotopic (exact) mass is 218 g/mol. The molecule has 0 aliphatic heterocycles. The highest BCUT2D eigenvalue weighted by atomic mass is 15.0. The highest BCUT2D eigenvalue weighted by Gasteiger charge is 2.19. The molecule has 1 aromatic carbocycles. The first-order valence-electron chi connectivity index (χ1n) is 6.40. The molecule has 2 nitrogen and oxygen atoms in total. The van der Waals surface area contributed by atoms with E-state index < -0.39 is 0 Å². The van der Waals surface area contributed by atoms with Gasteiger partial charge in [0.2, 0.25) is 0 Å². The molecule has 16 heavy (non-hydrogen) atoms. The van der Waals surface area contributed by atoms with Crippen molar-refractivity contribution in [2.24, 2.45) is 0 Å². The Morgan fingerprint density at radius 1 is 1.06 bits per heavy atom. The molecule has 1 aliphatic carbocycles. The first-order valence-corrected chi connectivity index (χ1v) is 6.40. The first kappa shape index (κ1) is 11.6. The summed E-state index contributed by atoms with van der Waals surface area (Å²) in [5, 5.41) is 6.96. The maximum absolute atomic E-state index is 3.50. The number of hydrogen-bond acceptors (Lipinski definition) is 2. The van der Waals surface area contributed by atoms with Crippen molar-refractivity contribution >= 4 is 0 Å². The predicted molar refractivity (Wildman–Crippen MR) is 68.6 cm³/mol. The van der Waals surface area contributed by atoms with Crippen molar-refractivity contribution in [3.05, 3.63) is 35.4 Å². The normalized spacial score (nSPS) is 15.3. The molecule has 0 bridgehead atoms. The maximum atomic E-state index is 3.50. The second kappa shape index (κ2) is 6.02. The van der Waals surface area contributed by atoms with Gasteiger partial charge in [0.15, 0.2) is 0 Å². The van der Waals surface area contributed by atoms with Crippen molar-refractivity contribution in [3.63, 3.8) is 0 Å². The van der Waals surface area contributed by atoms with Crippen molar-refractivity contribution in [2.45, 2.75) is 38.8 Å². The third-order valence-electron chi connectivity index (χ3n) is 3.07. The highest BCUT2D eigenvalue weighted by Crippen LogP contribution is 2.17. The fourth-order valence-corrected chi connectivity index (χ4v) is 1.78. The fourth-order valence-electron chi connectivity index (χ4n) is 1.78. The smallest absolute Gasteiger partial charge is 0.0206 e. The van der Waals surface area contributed by atoms with Crippen molar-refractivity contribution < 1.29 is 0 Å². The summed E-state index contributed by atoms with van der Waals surface area (Å²) < 4.78 is 0. The number of aryl methyl sites for hydroxylation is 1. The van der Waals surface area contributed by atoms with Gasteiger partial charge in [-0.05, 0) is 30.4 Å². The minimum atomic E-state index is 0.825. The van der Waals surface area contributed by atoms with Crippen molar-refractivity contribution in [1.82, 2.24) is 10.6 Å². The van der Waals surface area contributed by atoms with Gasteiger partial charge >= 0.3 is 0 Å². The quantitative estimate of drug-likeness (QED) is 0.685. The van der Waals surface area contributed by atoms with E-state index in [0.717, 1.165) is 32.1 Å². The van der Waals surface area contributed by atoms with E-state index in [9.17, 15) is 0 Å². The zero-order chi connectivity index (χ0) is 11.2. The molecule has 2 N–H and O–H groups in total. The zero-order valence-corrected chi connectivity index (χ0v) is 10.1. The Balaban J connectivity index is 1.60. The van der Waals surface area contributed by atoms with Crippen LogP contribution in [0.2, 0.25) is 0 Å². The molecule has 0 spiro atoms. The van der Waals surface area contributed by atoms with E-state index in [1.807, 2.05) is 0 Å². The summed E-state index contributed by atoms with van der Waals surface area (Å²) in [6, 6.07) is 9.71. The minimum Gasteiger partial charge on any atom is -0.313 e. The van der Waals surface area contributed by atoms with E-state index in [1.165, 1.54) is 24.0 Å². The van der Waals surface area contributed by atoms with Crippen LogP contribution in [0.1, 0.15) is 30.9 Å². The lowest BCUT2D eigenvalue weighted by Gasteiger charge is -2.06. The van der Waals surface area contributed by atoms with Gasteiger partial charge in [0.25, 0.3) is 0 Å². The van der Waals surface area contributed by atoms with Crippen LogP contribution in [-0.4, -0.2) is 19.1 Å². The number of rotatable bonds is 7. The average molecular weight is 218 g/mol. The van der Waals surface area contributed by atoms with Crippen molar-refractivity contribution in [3.8, 4) is 0 Å². The third kappa shape index (κ3) is 3.95. The average Bonchev–Trinajstić information content (AvgIpc) is 3.13. The van der Waals surface area contributed by atoms with Gasteiger partial charge in [-0.25, -0.2) is 0 Å². The van der Waals surface area contributed by atoms with E-state index in [4.69, 9.17) is 0 Å². The molecule has 2 heteroatoms. The number of nitrogens with one attached hydrogen (secondary N) is 2. The van der Waals surface area contributed by atoms with Crippen LogP contribution in [0, 0.1) is 0 Å². The molecule has 0 heterocycles. The summed E-state index contributed by atoms with van der Waals surface area (Å²) in [7, 11) is 0. The predicted octanol–water partition coefficient (Wildman–Crippen LogP) is 2.09. The Labute approximate surface area is 98.4 Å². The van der Waals surface area contributed by atoms with Crippen molar-refractivity contribution in [2.75, 3.05) is 13.1 Å². The molecule has 1 aliphatic rings. The van der Waals surface area contributed by atoms with Crippen LogP contribution >= 0.6 is 0 Å². The Hall–Kier alpha value is -0.860. The summed E-state index contributed by atoms with van der Waals surface area (Å²) in [6.45, 7) is 5.33. The van der Waals surface area contributed by atoms with Gasteiger partial charge in [0, 0.05) is 25.7 Å². The van der Waals surface area contributed by atoms with E-state index in [0.29, 0.717) is 0 Å². The molecule has 0 atom stereocenters. The summed E-state index contributed by atoms with van der Waals surface area (Å²) in [5.74, 6) is 0. The van der Waals surface area contributed by atoms with Gasteiger partial charge in [-0.1, -0.05) is 31.2 Å². The molecule has 1 fully saturated rings. The Morgan fingerprint density at radius 3 is 2.38 bits per heavy atom. The number of hydrogen-bond donors (Lipinski definition) is 2. The fraction of sp³-hybridized carbons (Fsp3) is 0.571. The molecule has 0 aromatic heterocycles. The van der Waals surface area contributed by atoms with E-state index in [2.05, 4.69) is 41.8 Å². The Bertz CT molecular complexity index is 301. The second-order valence-corrected chi connectivity index (χ2v) is 4.58. The van der Waals surface area contributed by atoms with Gasteiger partial charge in [-0.3, -0.25) is 0 Å². The molecule has 1 saturated carbocycles. The van der Waals surface area contributed by atoms with Gasteiger partial charge in [-0.15, -0.1) is 0 Å². The van der Waals surface area contributed by atoms with Crippen LogP contribution in [0.25, 0.3) is 0 Å². The largest absolute Gasteiger partial charge is 0.313 e. The van der Waals surface area contributed by atoms with Crippen LogP contribution in [0.5, 0.6) is 0 Å². The lowest BCUT2D eigenvalue weighted by molar-refractivity contribution is 0.608. The molecule has 0 unspecified atom stereocenters. The molecule has 0 radical (unpaired) electrons. The molecular formula is C14H22N2. The molecule has 0 amide bonds.